The van der Waals surface area contributed by atoms with Gasteiger partial charge in [-0.25, -0.2) is 8.42 Å². The second kappa shape index (κ2) is 6.31. The number of amides is 1. The van der Waals surface area contributed by atoms with E-state index in [0.717, 1.165) is 0 Å². The molecule has 0 saturated heterocycles. The standard InChI is InChI=1S/C11H15BrN2O3S/c1-3-13-11(15)8(2)14-18(16,17)10-7-5-4-6-9(10)12/h4-8,14H,3H2,1-2H3,(H,13,15)/t8-/m0/s1. The van der Waals surface area contributed by atoms with E-state index >= 15 is 0 Å². The van der Waals surface area contributed by atoms with Crippen LogP contribution >= 0.6 is 15.9 Å². The SMILES string of the molecule is CCNC(=O)[C@H](C)NS(=O)(=O)c1ccccc1Br. The fraction of sp³-hybridized carbons (Fsp3) is 0.364. The summed E-state index contributed by atoms with van der Waals surface area (Å²) in [6.07, 6.45) is 0. The van der Waals surface area contributed by atoms with Crippen molar-refractivity contribution in [2.75, 3.05) is 6.54 Å². The monoisotopic (exact) mass is 334 g/mol. The highest BCUT2D eigenvalue weighted by molar-refractivity contribution is 9.10. The molecule has 0 heterocycles. The van der Waals surface area contributed by atoms with Crippen LogP contribution in [0.15, 0.2) is 33.6 Å². The molecule has 0 spiro atoms. The Balaban J connectivity index is 2.90. The van der Waals surface area contributed by atoms with E-state index in [1.54, 1.807) is 25.1 Å². The van der Waals surface area contributed by atoms with Gasteiger partial charge in [0.15, 0.2) is 0 Å². The molecule has 0 saturated carbocycles. The first-order valence-corrected chi connectivity index (χ1v) is 7.70. The van der Waals surface area contributed by atoms with Gasteiger partial charge in [-0.05, 0) is 41.9 Å². The van der Waals surface area contributed by atoms with E-state index in [-0.39, 0.29) is 10.8 Å². The first kappa shape index (κ1) is 15.1. The molecule has 0 aliphatic heterocycles. The molecule has 1 rings (SSSR count). The maximum Gasteiger partial charge on any atom is 0.242 e. The Morgan fingerprint density at radius 1 is 1.39 bits per heavy atom. The number of nitrogens with one attached hydrogen (secondary N) is 2. The van der Waals surface area contributed by atoms with Crippen LogP contribution in [0.5, 0.6) is 0 Å². The third-order valence-corrected chi connectivity index (χ3v) is 4.76. The molecule has 7 heteroatoms. The molecule has 0 aliphatic carbocycles. The van der Waals surface area contributed by atoms with Gasteiger partial charge in [0.1, 0.15) is 0 Å². The Kier molecular flexibility index (Phi) is 5.30. The Morgan fingerprint density at radius 3 is 2.56 bits per heavy atom. The molecule has 0 fully saturated rings. The molecule has 1 aromatic rings. The molecule has 0 aromatic heterocycles. The van der Waals surface area contributed by atoms with Gasteiger partial charge in [0.05, 0.1) is 10.9 Å². The van der Waals surface area contributed by atoms with Crippen molar-refractivity contribution in [1.82, 2.24) is 10.0 Å². The highest BCUT2D eigenvalue weighted by atomic mass is 79.9. The highest BCUT2D eigenvalue weighted by Gasteiger charge is 2.23. The maximum absolute atomic E-state index is 12.1. The molecule has 1 atom stereocenters. The molecule has 0 aliphatic rings. The molecule has 0 bridgehead atoms. The summed E-state index contributed by atoms with van der Waals surface area (Å²) in [5, 5.41) is 2.56. The molecule has 0 unspecified atom stereocenters. The van der Waals surface area contributed by atoms with E-state index in [1.807, 2.05) is 0 Å². The molecular weight excluding hydrogens is 320 g/mol. The molecule has 100 valence electrons. The van der Waals surface area contributed by atoms with E-state index in [0.29, 0.717) is 11.0 Å². The van der Waals surface area contributed by atoms with Gasteiger partial charge >= 0.3 is 0 Å². The Labute approximate surface area is 115 Å². The lowest BCUT2D eigenvalue weighted by Gasteiger charge is -2.14. The van der Waals surface area contributed by atoms with Crippen LogP contribution in [0.4, 0.5) is 0 Å². The van der Waals surface area contributed by atoms with Crippen molar-refractivity contribution in [3.05, 3.63) is 28.7 Å². The Bertz CT molecular complexity index is 531. The zero-order valence-electron chi connectivity index (χ0n) is 10.1. The lowest BCUT2D eigenvalue weighted by atomic mass is 10.3. The summed E-state index contributed by atoms with van der Waals surface area (Å²) in [5.74, 6) is -0.354. The summed E-state index contributed by atoms with van der Waals surface area (Å²) in [6.45, 7) is 3.73. The fourth-order valence-electron chi connectivity index (χ4n) is 1.34. The molecule has 0 radical (unpaired) electrons. The number of carbonyl (C=O) groups excluding carboxylic acids is 1. The summed E-state index contributed by atoms with van der Waals surface area (Å²) in [5.41, 5.74) is 0. The largest absolute Gasteiger partial charge is 0.355 e. The Morgan fingerprint density at radius 2 is 2.00 bits per heavy atom. The Hall–Kier alpha value is -0.920. The van der Waals surface area contributed by atoms with E-state index in [1.165, 1.54) is 13.0 Å². The third-order valence-electron chi connectivity index (χ3n) is 2.20. The normalized spacial score (nSPS) is 13.1. The topological polar surface area (TPSA) is 75.3 Å². The molecule has 1 amide bonds. The number of hydrogen-bond acceptors (Lipinski definition) is 3. The van der Waals surface area contributed by atoms with Crippen LogP contribution in [0.2, 0.25) is 0 Å². The summed E-state index contributed by atoms with van der Waals surface area (Å²) >= 11 is 3.17. The summed E-state index contributed by atoms with van der Waals surface area (Å²) in [4.78, 5) is 11.6. The lowest BCUT2D eigenvalue weighted by Crippen LogP contribution is -2.44. The van der Waals surface area contributed by atoms with Gasteiger partial charge in [0.2, 0.25) is 15.9 Å². The summed E-state index contributed by atoms with van der Waals surface area (Å²) in [7, 11) is -3.71. The van der Waals surface area contributed by atoms with Crippen LogP contribution in [0.3, 0.4) is 0 Å². The van der Waals surface area contributed by atoms with Crippen LogP contribution in [-0.2, 0) is 14.8 Å². The fourth-order valence-corrected chi connectivity index (χ4v) is 3.55. The van der Waals surface area contributed by atoms with Crippen LogP contribution in [0.25, 0.3) is 0 Å². The van der Waals surface area contributed by atoms with Crippen LogP contribution < -0.4 is 10.0 Å². The van der Waals surface area contributed by atoms with Gasteiger partial charge in [-0.15, -0.1) is 0 Å². The van der Waals surface area contributed by atoms with Crippen molar-refractivity contribution in [2.45, 2.75) is 24.8 Å². The summed E-state index contributed by atoms with van der Waals surface area (Å²) < 4.78 is 26.9. The smallest absolute Gasteiger partial charge is 0.242 e. The number of rotatable bonds is 5. The first-order valence-electron chi connectivity index (χ1n) is 5.43. The molecular formula is C11H15BrN2O3S. The van der Waals surface area contributed by atoms with Crippen LogP contribution in [-0.4, -0.2) is 26.9 Å². The molecule has 5 nitrogen and oxygen atoms in total. The number of carbonyl (C=O) groups is 1. The number of sulfonamides is 1. The van der Waals surface area contributed by atoms with Crippen molar-refractivity contribution in [2.24, 2.45) is 0 Å². The zero-order chi connectivity index (χ0) is 13.8. The van der Waals surface area contributed by atoms with E-state index in [2.05, 4.69) is 26.0 Å². The predicted molar refractivity (Wildman–Crippen MR) is 72.6 cm³/mol. The minimum absolute atomic E-state index is 0.112. The molecule has 18 heavy (non-hydrogen) atoms. The molecule has 1 aromatic carbocycles. The van der Waals surface area contributed by atoms with Gasteiger partial charge in [-0.2, -0.15) is 4.72 Å². The van der Waals surface area contributed by atoms with Gasteiger partial charge in [0, 0.05) is 11.0 Å². The summed E-state index contributed by atoms with van der Waals surface area (Å²) in [6, 6.07) is 5.62. The van der Waals surface area contributed by atoms with Crippen molar-refractivity contribution in [1.29, 1.82) is 0 Å². The zero-order valence-corrected chi connectivity index (χ0v) is 12.5. The maximum atomic E-state index is 12.1. The van der Waals surface area contributed by atoms with E-state index in [4.69, 9.17) is 0 Å². The van der Waals surface area contributed by atoms with Crippen molar-refractivity contribution >= 4 is 31.9 Å². The number of halogens is 1. The van der Waals surface area contributed by atoms with Crippen molar-refractivity contribution in [3.63, 3.8) is 0 Å². The minimum atomic E-state index is -3.71. The van der Waals surface area contributed by atoms with E-state index < -0.39 is 16.1 Å². The van der Waals surface area contributed by atoms with Gasteiger partial charge in [0.25, 0.3) is 0 Å². The molecule has 2 N–H and O–H groups in total. The average Bonchev–Trinajstić information content (AvgIpc) is 2.29. The van der Waals surface area contributed by atoms with E-state index in [9.17, 15) is 13.2 Å². The second-order valence-electron chi connectivity index (χ2n) is 3.67. The van der Waals surface area contributed by atoms with Crippen molar-refractivity contribution < 1.29 is 13.2 Å². The number of hydrogen-bond donors (Lipinski definition) is 2. The van der Waals surface area contributed by atoms with Gasteiger partial charge in [-0.3, -0.25) is 4.79 Å². The number of benzene rings is 1. The lowest BCUT2D eigenvalue weighted by molar-refractivity contribution is -0.122. The average molecular weight is 335 g/mol. The van der Waals surface area contributed by atoms with Crippen LogP contribution in [0, 0.1) is 0 Å². The number of likely N-dealkylation sites (N-methyl/N-ethyl adjacent to an activating group) is 1. The van der Waals surface area contributed by atoms with Gasteiger partial charge < -0.3 is 5.32 Å². The first-order chi connectivity index (χ1) is 8.38. The van der Waals surface area contributed by atoms with Gasteiger partial charge in [-0.1, -0.05) is 12.1 Å². The van der Waals surface area contributed by atoms with Crippen LogP contribution in [0.1, 0.15) is 13.8 Å². The third kappa shape index (κ3) is 3.79. The van der Waals surface area contributed by atoms with Crippen molar-refractivity contribution in [3.8, 4) is 0 Å². The quantitative estimate of drug-likeness (QED) is 0.850. The highest BCUT2D eigenvalue weighted by Crippen LogP contribution is 2.20. The second-order valence-corrected chi connectivity index (χ2v) is 6.20. The predicted octanol–water partition coefficient (Wildman–Crippen LogP) is 1.25. The minimum Gasteiger partial charge on any atom is -0.355 e.